The van der Waals surface area contributed by atoms with E-state index in [1.54, 1.807) is 31.2 Å². The number of rotatable bonds is 2. The number of cyclic esters (lactones) is 1. The van der Waals surface area contributed by atoms with Crippen LogP contribution in [-0.4, -0.2) is 5.97 Å². The van der Waals surface area contributed by atoms with Crippen LogP contribution >= 0.6 is 11.6 Å². The summed E-state index contributed by atoms with van der Waals surface area (Å²) in [4.78, 5) is 11.9. The van der Waals surface area contributed by atoms with E-state index in [0.717, 1.165) is 11.1 Å². The van der Waals surface area contributed by atoms with Gasteiger partial charge in [-0.2, -0.15) is 0 Å². The Morgan fingerprint density at radius 1 is 0.952 bits per heavy atom. The van der Waals surface area contributed by atoms with Crippen LogP contribution in [0.25, 0.3) is 5.76 Å². The van der Waals surface area contributed by atoms with E-state index in [9.17, 15) is 4.79 Å². The van der Waals surface area contributed by atoms with Crippen molar-refractivity contribution in [2.24, 2.45) is 0 Å². The first-order valence-corrected chi connectivity index (χ1v) is 6.90. The number of carbonyl (C=O) groups excluding carboxylic acids is 1. The first kappa shape index (κ1) is 13.7. The van der Waals surface area contributed by atoms with Crippen molar-refractivity contribution in [3.05, 3.63) is 76.8 Å². The van der Waals surface area contributed by atoms with Crippen LogP contribution in [0.2, 0.25) is 5.02 Å². The molecule has 1 atom stereocenters. The molecule has 0 N–H and O–H groups in total. The highest BCUT2D eigenvalue weighted by Gasteiger charge is 2.37. The summed E-state index contributed by atoms with van der Waals surface area (Å²) in [6.45, 7) is 1.73. The molecule has 3 nitrogen and oxygen atoms in total. The predicted molar refractivity (Wildman–Crippen MR) is 80.4 cm³/mol. The normalized spacial score (nSPS) is 21.2. The average Bonchev–Trinajstić information content (AvgIpc) is 2.48. The molecule has 106 valence electrons. The van der Waals surface area contributed by atoms with Crippen molar-refractivity contribution in [2.45, 2.75) is 12.7 Å². The van der Waals surface area contributed by atoms with Crippen molar-refractivity contribution in [1.82, 2.24) is 0 Å². The molecule has 0 bridgehead atoms. The number of hydrogen-bond acceptors (Lipinski definition) is 3. The van der Waals surface area contributed by atoms with Crippen LogP contribution in [-0.2, 0) is 20.1 Å². The van der Waals surface area contributed by atoms with Gasteiger partial charge >= 0.3 is 5.97 Å². The summed E-state index contributed by atoms with van der Waals surface area (Å²) in [5.41, 5.74) is 1.55. The summed E-state index contributed by atoms with van der Waals surface area (Å²) in [5, 5.41) is 0.628. The Morgan fingerprint density at radius 2 is 1.62 bits per heavy atom. The van der Waals surface area contributed by atoms with Crippen LogP contribution in [0.1, 0.15) is 18.1 Å². The Morgan fingerprint density at radius 3 is 2.29 bits per heavy atom. The lowest BCUT2D eigenvalue weighted by molar-refractivity contribution is -0.206. The van der Waals surface area contributed by atoms with Gasteiger partial charge in [-0.1, -0.05) is 41.9 Å². The third-order valence-corrected chi connectivity index (χ3v) is 3.53. The zero-order valence-electron chi connectivity index (χ0n) is 11.4. The van der Waals surface area contributed by atoms with Crippen LogP contribution < -0.4 is 0 Å². The van der Waals surface area contributed by atoms with Crippen molar-refractivity contribution in [2.75, 3.05) is 0 Å². The highest BCUT2D eigenvalue weighted by Crippen LogP contribution is 2.36. The van der Waals surface area contributed by atoms with Gasteiger partial charge in [0.15, 0.2) is 0 Å². The van der Waals surface area contributed by atoms with E-state index < -0.39 is 11.8 Å². The molecule has 0 fully saturated rings. The van der Waals surface area contributed by atoms with Gasteiger partial charge in [-0.3, -0.25) is 0 Å². The standard InChI is InChI=1S/C17H13ClO3/c1-17(13-5-3-2-4-6-13)20-15(11-16(19)21-17)12-7-9-14(18)10-8-12/h2-11H,1H3/t17-/m0/s1. The molecule has 2 aromatic carbocycles. The summed E-state index contributed by atoms with van der Waals surface area (Å²) >= 11 is 5.88. The highest BCUT2D eigenvalue weighted by molar-refractivity contribution is 6.30. The minimum absolute atomic E-state index is 0.433. The van der Waals surface area contributed by atoms with E-state index in [0.29, 0.717) is 10.8 Å². The number of hydrogen-bond donors (Lipinski definition) is 0. The number of ether oxygens (including phenoxy) is 2. The molecule has 0 aromatic heterocycles. The van der Waals surface area contributed by atoms with Gasteiger partial charge < -0.3 is 9.47 Å². The van der Waals surface area contributed by atoms with Crippen LogP contribution in [0.15, 0.2) is 60.7 Å². The van der Waals surface area contributed by atoms with Gasteiger partial charge in [0, 0.05) is 23.1 Å². The average molecular weight is 301 g/mol. The minimum atomic E-state index is -1.14. The fourth-order valence-corrected chi connectivity index (χ4v) is 2.33. The Hall–Kier alpha value is -2.26. The van der Waals surface area contributed by atoms with Gasteiger partial charge in [0.25, 0.3) is 5.79 Å². The summed E-state index contributed by atoms with van der Waals surface area (Å²) < 4.78 is 11.3. The van der Waals surface area contributed by atoms with Gasteiger partial charge in [-0.15, -0.1) is 0 Å². The molecule has 21 heavy (non-hydrogen) atoms. The molecule has 0 radical (unpaired) electrons. The van der Waals surface area contributed by atoms with Gasteiger partial charge in [0.1, 0.15) is 5.76 Å². The molecular formula is C17H13ClO3. The van der Waals surface area contributed by atoms with Gasteiger partial charge in [-0.25, -0.2) is 4.79 Å². The topological polar surface area (TPSA) is 35.5 Å². The number of esters is 1. The largest absolute Gasteiger partial charge is 0.447 e. The molecule has 0 unspecified atom stereocenters. The quantitative estimate of drug-likeness (QED) is 0.782. The van der Waals surface area contributed by atoms with E-state index in [-0.39, 0.29) is 0 Å². The summed E-state index contributed by atoms with van der Waals surface area (Å²) in [7, 11) is 0. The molecule has 1 aliphatic rings. The van der Waals surface area contributed by atoms with E-state index in [1.807, 2.05) is 30.3 Å². The van der Waals surface area contributed by atoms with Crippen LogP contribution in [0.5, 0.6) is 0 Å². The molecule has 0 aliphatic carbocycles. The second kappa shape index (κ2) is 5.26. The van der Waals surface area contributed by atoms with E-state index >= 15 is 0 Å². The maximum Gasteiger partial charge on any atom is 0.338 e. The fraction of sp³-hybridized carbons (Fsp3) is 0.118. The van der Waals surface area contributed by atoms with E-state index in [1.165, 1.54) is 6.08 Å². The molecule has 0 spiro atoms. The Kier molecular flexibility index (Phi) is 3.43. The first-order valence-electron chi connectivity index (χ1n) is 6.52. The number of carbonyl (C=O) groups is 1. The van der Waals surface area contributed by atoms with E-state index in [2.05, 4.69) is 0 Å². The lowest BCUT2D eigenvalue weighted by atomic mass is 10.1. The van der Waals surface area contributed by atoms with E-state index in [4.69, 9.17) is 21.1 Å². The molecule has 0 saturated carbocycles. The molecule has 0 saturated heterocycles. The number of halogens is 1. The number of benzene rings is 2. The van der Waals surface area contributed by atoms with Crippen molar-refractivity contribution in [3.8, 4) is 0 Å². The smallest absolute Gasteiger partial charge is 0.338 e. The molecule has 2 aromatic rings. The monoisotopic (exact) mass is 300 g/mol. The molecule has 0 amide bonds. The minimum Gasteiger partial charge on any atom is -0.447 e. The molecule has 1 heterocycles. The Balaban J connectivity index is 1.97. The fourth-order valence-electron chi connectivity index (χ4n) is 2.20. The molecule has 3 rings (SSSR count). The van der Waals surface area contributed by atoms with Gasteiger partial charge in [-0.05, 0) is 24.3 Å². The van der Waals surface area contributed by atoms with Crippen molar-refractivity contribution >= 4 is 23.3 Å². The van der Waals surface area contributed by atoms with Gasteiger partial charge in [0.2, 0.25) is 0 Å². The third kappa shape index (κ3) is 2.78. The maximum absolute atomic E-state index is 11.9. The van der Waals surface area contributed by atoms with Crippen molar-refractivity contribution in [3.63, 3.8) is 0 Å². The molecule has 4 heteroatoms. The third-order valence-electron chi connectivity index (χ3n) is 3.28. The van der Waals surface area contributed by atoms with Gasteiger partial charge in [0.05, 0.1) is 6.08 Å². The summed E-state index contributed by atoms with van der Waals surface area (Å²) in [6, 6.07) is 16.5. The van der Waals surface area contributed by atoms with Crippen LogP contribution in [0, 0.1) is 0 Å². The van der Waals surface area contributed by atoms with Crippen LogP contribution in [0.4, 0.5) is 0 Å². The zero-order chi connectivity index (χ0) is 14.9. The van der Waals surface area contributed by atoms with Crippen molar-refractivity contribution in [1.29, 1.82) is 0 Å². The zero-order valence-corrected chi connectivity index (χ0v) is 12.1. The molecule has 1 aliphatic heterocycles. The highest BCUT2D eigenvalue weighted by atomic mass is 35.5. The Labute approximate surface area is 127 Å². The summed E-state index contributed by atoms with van der Waals surface area (Å²) in [5.74, 6) is -1.10. The second-order valence-electron chi connectivity index (χ2n) is 4.85. The summed E-state index contributed by atoms with van der Waals surface area (Å²) in [6.07, 6.45) is 1.34. The lowest BCUT2D eigenvalue weighted by Gasteiger charge is -2.34. The van der Waals surface area contributed by atoms with Crippen molar-refractivity contribution < 1.29 is 14.3 Å². The maximum atomic E-state index is 11.9. The first-order chi connectivity index (χ1) is 10.1. The lowest BCUT2D eigenvalue weighted by Crippen LogP contribution is -2.34. The Bertz CT molecular complexity index is 692. The second-order valence-corrected chi connectivity index (χ2v) is 5.29. The van der Waals surface area contributed by atoms with Crippen LogP contribution in [0.3, 0.4) is 0 Å². The molecular weight excluding hydrogens is 288 g/mol. The predicted octanol–water partition coefficient (Wildman–Crippen LogP) is 4.13. The SMILES string of the molecule is C[C@@]1(c2ccccc2)OC(=O)C=C(c2ccc(Cl)cc2)O1.